The number of hydrogen-bond donors (Lipinski definition) is 0. The molecule has 2 heterocycles. The van der Waals surface area contributed by atoms with Crippen molar-refractivity contribution in [2.45, 2.75) is 0 Å². The van der Waals surface area contributed by atoms with Crippen molar-refractivity contribution in [1.82, 2.24) is 9.13 Å². The summed E-state index contributed by atoms with van der Waals surface area (Å²) in [4.78, 5) is 0. The van der Waals surface area contributed by atoms with E-state index >= 15 is 0 Å². The van der Waals surface area contributed by atoms with Crippen LogP contribution in [0.1, 0.15) is 11.1 Å². The highest BCUT2D eigenvalue weighted by Gasteiger charge is 2.18. The van der Waals surface area contributed by atoms with Crippen LogP contribution in [-0.4, -0.2) is 9.13 Å². The van der Waals surface area contributed by atoms with Gasteiger partial charge in [0.2, 0.25) is 0 Å². The first-order valence-electron chi connectivity index (χ1n) is 15.9. The maximum atomic E-state index is 9.91. The molecule has 9 rings (SSSR count). The highest BCUT2D eigenvalue weighted by atomic mass is 15.0. The van der Waals surface area contributed by atoms with E-state index in [1.165, 1.54) is 10.8 Å². The predicted octanol–water partition coefficient (Wildman–Crippen LogP) is 11.0. The molecule has 0 unspecified atom stereocenters. The smallest absolute Gasteiger partial charge is 0.101 e. The number of benzene rings is 7. The maximum absolute atomic E-state index is 9.91. The molecule has 4 nitrogen and oxygen atoms in total. The molecule has 0 spiro atoms. The van der Waals surface area contributed by atoms with Crippen LogP contribution in [0.4, 0.5) is 0 Å². The van der Waals surface area contributed by atoms with E-state index in [1.807, 2.05) is 48.5 Å². The third kappa shape index (κ3) is 4.14. The summed E-state index contributed by atoms with van der Waals surface area (Å²) < 4.78 is 4.48. The van der Waals surface area contributed by atoms with Crippen LogP contribution in [0.25, 0.3) is 77.2 Å². The van der Waals surface area contributed by atoms with Crippen molar-refractivity contribution in [1.29, 1.82) is 10.5 Å². The Labute approximate surface area is 277 Å². The molecule has 0 aliphatic carbocycles. The average molecular weight is 611 g/mol. The SMILES string of the molecule is N#Cc1cccc(-n2c3ccccc3c3cccc(-c4cccc(-c5ccc6c(c5)c5ccccc5n6-c5ccccc5C#N)c4)c32)c1. The van der Waals surface area contributed by atoms with E-state index in [0.29, 0.717) is 11.1 Å². The van der Waals surface area contributed by atoms with Crippen LogP contribution in [0.15, 0.2) is 158 Å². The fraction of sp³-hybridized carbons (Fsp3) is 0. The Morgan fingerprint density at radius 1 is 0.417 bits per heavy atom. The number of nitriles is 2. The summed E-state index contributed by atoms with van der Waals surface area (Å²) in [5.41, 5.74) is 11.9. The van der Waals surface area contributed by atoms with Gasteiger partial charge in [0, 0.05) is 32.8 Å². The zero-order valence-electron chi connectivity index (χ0n) is 25.8. The molecule has 0 atom stereocenters. The summed E-state index contributed by atoms with van der Waals surface area (Å²) in [6, 6.07) is 59.0. The van der Waals surface area contributed by atoms with E-state index in [2.05, 4.69) is 130 Å². The number of hydrogen-bond acceptors (Lipinski definition) is 2. The Balaban J connectivity index is 1.25. The van der Waals surface area contributed by atoms with Crippen molar-refractivity contribution < 1.29 is 0 Å². The molecule has 0 radical (unpaired) electrons. The van der Waals surface area contributed by atoms with Crippen LogP contribution >= 0.6 is 0 Å². The maximum Gasteiger partial charge on any atom is 0.101 e. The van der Waals surface area contributed by atoms with Crippen molar-refractivity contribution in [2.24, 2.45) is 0 Å². The fourth-order valence-corrected chi connectivity index (χ4v) is 7.28. The monoisotopic (exact) mass is 610 g/mol. The van der Waals surface area contributed by atoms with Crippen molar-refractivity contribution in [3.63, 3.8) is 0 Å². The van der Waals surface area contributed by atoms with Gasteiger partial charge in [-0.25, -0.2) is 0 Å². The first kappa shape index (κ1) is 27.4. The molecule has 2 aromatic heterocycles. The summed E-state index contributed by atoms with van der Waals surface area (Å²) in [7, 11) is 0. The number of aromatic nitrogens is 2. The first-order chi connectivity index (χ1) is 23.7. The molecule has 0 aliphatic rings. The quantitative estimate of drug-likeness (QED) is 0.199. The molecule has 0 bridgehead atoms. The topological polar surface area (TPSA) is 57.4 Å². The minimum atomic E-state index is 0.630. The van der Waals surface area contributed by atoms with Gasteiger partial charge in [0.05, 0.1) is 45.0 Å². The van der Waals surface area contributed by atoms with Crippen LogP contribution in [0.3, 0.4) is 0 Å². The van der Waals surface area contributed by atoms with Gasteiger partial charge < -0.3 is 9.13 Å². The molecular formula is C44H26N4. The van der Waals surface area contributed by atoms with Gasteiger partial charge in [-0.2, -0.15) is 10.5 Å². The molecular weight excluding hydrogens is 585 g/mol. The van der Waals surface area contributed by atoms with Crippen LogP contribution in [-0.2, 0) is 0 Å². The Bertz CT molecular complexity index is 2820. The Morgan fingerprint density at radius 2 is 1.06 bits per heavy atom. The summed E-state index contributed by atoms with van der Waals surface area (Å²) in [5, 5.41) is 24.2. The zero-order valence-corrected chi connectivity index (χ0v) is 25.8. The van der Waals surface area contributed by atoms with Gasteiger partial charge in [-0.1, -0.05) is 97.1 Å². The van der Waals surface area contributed by atoms with Crippen molar-refractivity contribution in [3.05, 3.63) is 169 Å². The van der Waals surface area contributed by atoms with E-state index in [4.69, 9.17) is 0 Å². The lowest BCUT2D eigenvalue weighted by atomic mass is 9.96. The third-order valence-electron chi connectivity index (χ3n) is 9.37. The van der Waals surface area contributed by atoms with Gasteiger partial charge in [-0.15, -0.1) is 0 Å². The molecule has 0 saturated carbocycles. The molecule has 0 N–H and O–H groups in total. The Hall–Kier alpha value is -6.88. The van der Waals surface area contributed by atoms with Gasteiger partial charge in [-0.3, -0.25) is 0 Å². The molecule has 7 aromatic carbocycles. The van der Waals surface area contributed by atoms with Crippen LogP contribution < -0.4 is 0 Å². The average Bonchev–Trinajstić information content (AvgIpc) is 3.67. The predicted molar refractivity (Wildman–Crippen MR) is 195 cm³/mol. The zero-order chi connectivity index (χ0) is 32.2. The molecule has 48 heavy (non-hydrogen) atoms. The second-order valence-corrected chi connectivity index (χ2v) is 12.0. The fourth-order valence-electron chi connectivity index (χ4n) is 7.28. The van der Waals surface area contributed by atoms with E-state index in [0.717, 1.165) is 66.5 Å². The standard InChI is InChI=1S/C44H26N4/c45-27-29-10-7-14-34(24-29)47-41-20-5-2-15-36(41)38-18-9-17-35(44(38)47)32-13-8-12-30(25-32)31-22-23-43-39(26-31)37-16-3-6-21-42(37)48(43)40-19-4-1-11-33(40)28-46/h1-26H. The molecule has 0 amide bonds. The van der Waals surface area contributed by atoms with Gasteiger partial charge in [-0.05, 0) is 77.4 Å². The van der Waals surface area contributed by atoms with Crippen LogP contribution in [0.5, 0.6) is 0 Å². The molecule has 0 aliphatic heterocycles. The largest absolute Gasteiger partial charge is 0.309 e. The van der Waals surface area contributed by atoms with Crippen molar-refractivity contribution in [3.8, 4) is 45.8 Å². The second kappa shape index (κ2) is 10.9. The van der Waals surface area contributed by atoms with E-state index in [-0.39, 0.29) is 0 Å². The van der Waals surface area contributed by atoms with Crippen LogP contribution in [0.2, 0.25) is 0 Å². The van der Waals surface area contributed by atoms with Crippen LogP contribution in [0, 0.1) is 22.7 Å². The number of fused-ring (bicyclic) bond motifs is 6. The Kier molecular flexibility index (Phi) is 6.22. The van der Waals surface area contributed by atoms with Gasteiger partial charge in [0.15, 0.2) is 0 Å². The number of rotatable bonds is 4. The van der Waals surface area contributed by atoms with E-state index in [9.17, 15) is 10.5 Å². The summed E-state index contributed by atoms with van der Waals surface area (Å²) in [5.74, 6) is 0. The minimum Gasteiger partial charge on any atom is -0.309 e. The lowest BCUT2D eigenvalue weighted by molar-refractivity contribution is 1.17. The third-order valence-corrected chi connectivity index (χ3v) is 9.37. The number of nitrogens with zero attached hydrogens (tertiary/aromatic N) is 4. The van der Waals surface area contributed by atoms with Crippen molar-refractivity contribution in [2.75, 3.05) is 0 Å². The van der Waals surface area contributed by atoms with E-state index < -0.39 is 0 Å². The second-order valence-electron chi connectivity index (χ2n) is 12.0. The van der Waals surface area contributed by atoms with Gasteiger partial charge in [0.25, 0.3) is 0 Å². The Morgan fingerprint density at radius 3 is 1.90 bits per heavy atom. The highest BCUT2D eigenvalue weighted by molar-refractivity contribution is 6.14. The van der Waals surface area contributed by atoms with Crippen molar-refractivity contribution >= 4 is 43.6 Å². The lowest BCUT2D eigenvalue weighted by Crippen LogP contribution is -1.97. The summed E-state index contributed by atoms with van der Waals surface area (Å²) >= 11 is 0. The molecule has 4 heteroatoms. The van der Waals surface area contributed by atoms with E-state index in [1.54, 1.807) is 0 Å². The number of para-hydroxylation sites is 4. The molecule has 222 valence electrons. The normalized spacial score (nSPS) is 11.3. The van der Waals surface area contributed by atoms with Gasteiger partial charge in [0.1, 0.15) is 6.07 Å². The summed E-state index contributed by atoms with van der Waals surface area (Å²) in [6.07, 6.45) is 0. The molecule has 0 saturated heterocycles. The lowest BCUT2D eigenvalue weighted by Gasteiger charge is -2.13. The molecule has 0 fully saturated rings. The first-order valence-corrected chi connectivity index (χ1v) is 15.9. The minimum absolute atomic E-state index is 0.630. The van der Waals surface area contributed by atoms with Gasteiger partial charge >= 0.3 is 0 Å². The summed E-state index contributed by atoms with van der Waals surface area (Å²) in [6.45, 7) is 0. The molecule has 9 aromatic rings. The highest BCUT2D eigenvalue weighted by Crippen LogP contribution is 2.40.